The van der Waals surface area contributed by atoms with Gasteiger partial charge >= 0.3 is 5.97 Å². The van der Waals surface area contributed by atoms with Gasteiger partial charge in [-0.2, -0.15) is 0 Å². The van der Waals surface area contributed by atoms with Crippen molar-refractivity contribution in [2.75, 3.05) is 29.4 Å². The minimum Gasteiger partial charge on any atom is -0.481 e. The van der Waals surface area contributed by atoms with Gasteiger partial charge in [-0.1, -0.05) is 19.1 Å². The van der Waals surface area contributed by atoms with E-state index in [0.29, 0.717) is 0 Å². The lowest BCUT2D eigenvalue weighted by molar-refractivity contribution is -0.141. The van der Waals surface area contributed by atoms with Crippen molar-refractivity contribution in [3.8, 4) is 0 Å². The Morgan fingerprint density at radius 2 is 1.82 bits per heavy atom. The molecule has 0 radical (unpaired) electrons. The molecule has 2 aliphatic heterocycles. The summed E-state index contributed by atoms with van der Waals surface area (Å²) in [5, 5.41) is 9.15. The lowest BCUT2D eigenvalue weighted by Gasteiger charge is -2.34. The molecule has 2 saturated heterocycles. The Kier molecular flexibility index (Phi) is 4.05. The first kappa shape index (κ1) is 14.9. The van der Waals surface area contributed by atoms with E-state index in [0.717, 1.165) is 43.2 Å². The number of amides is 1. The first-order valence-corrected chi connectivity index (χ1v) is 7.93. The number of hydrogen-bond donors (Lipinski definition) is 1. The zero-order valence-corrected chi connectivity index (χ0v) is 12.9. The van der Waals surface area contributed by atoms with Crippen LogP contribution in [0.25, 0.3) is 0 Å². The highest BCUT2D eigenvalue weighted by Crippen LogP contribution is 2.35. The normalized spacial score (nSPS) is 23.1. The summed E-state index contributed by atoms with van der Waals surface area (Å²) < 4.78 is 0. The Hall–Kier alpha value is -2.04. The Bertz CT molecular complexity index is 579. The first-order chi connectivity index (χ1) is 10.6. The maximum atomic E-state index is 12.2. The van der Waals surface area contributed by atoms with Crippen molar-refractivity contribution in [3.05, 3.63) is 24.3 Å². The summed E-state index contributed by atoms with van der Waals surface area (Å²) in [6.07, 6.45) is 2.40. The van der Waals surface area contributed by atoms with E-state index >= 15 is 0 Å². The van der Waals surface area contributed by atoms with Crippen molar-refractivity contribution >= 4 is 23.3 Å². The molecule has 3 rings (SSSR count). The molecule has 2 aliphatic rings. The second-order valence-electron chi connectivity index (χ2n) is 6.40. The van der Waals surface area contributed by atoms with Gasteiger partial charge in [0.25, 0.3) is 0 Å². The minimum atomic E-state index is -0.889. The molecule has 1 atom stereocenters. The van der Waals surface area contributed by atoms with E-state index < -0.39 is 11.9 Å². The number of carboxylic acid groups (broad SMARTS) is 1. The lowest BCUT2D eigenvalue weighted by atomic mass is 9.98. The molecule has 0 saturated carbocycles. The summed E-state index contributed by atoms with van der Waals surface area (Å²) in [6.45, 7) is 4.52. The second kappa shape index (κ2) is 5.99. The van der Waals surface area contributed by atoms with E-state index in [1.165, 1.54) is 0 Å². The summed E-state index contributed by atoms with van der Waals surface area (Å²) in [7, 11) is 0. The first-order valence-electron chi connectivity index (χ1n) is 7.93. The second-order valence-corrected chi connectivity index (χ2v) is 6.40. The number of carbonyl (C=O) groups is 2. The van der Waals surface area contributed by atoms with Crippen LogP contribution in [0, 0.1) is 11.8 Å². The lowest BCUT2D eigenvalue weighted by Crippen LogP contribution is -2.35. The molecule has 118 valence electrons. The van der Waals surface area contributed by atoms with Crippen LogP contribution in [0.4, 0.5) is 11.4 Å². The van der Waals surface area contributed by atoms with E-state index in [1.54, 1.807) is 4.90 Å². The fourth-order valence-electron chi connectivity index (χ4n) is 3.32. The van der Waals surface area contributed by atoms with Crippen molar-refractivity contribution in [3.63, 3.8) is 0 Å². The molecule has 1 N–H and O–H groups in total. The van der Waals surface area contributed by atoms with Crippen molar-refractivity contribution in [1.29, 1.82) is 0 Å². The Balaban J connectivity index is 1.85. The highest BCUT2D eigenvalue weighted by Gasteiger charge is 2.36. The molecule has 2 heterocycles. The van der Waals surface area contributed by atoms with Gasteiger partial charge in [0.2, 0.25) is 5.91 Å². The highest BCUT2D eigenvalue weighted by molar-refractivity contribution is 6.01. The predicted molar refractivity (Wildman–Crippen MR) is 85.1 cm³/mol. The van der Waals surface area contributed by atoms with Gasteiger partial charge in [0.1, 0.15) is 0 Å². The average molecular weight is 302 g/mol. The van der Waals surface area contributed by atoms with Crippen LogP contribution < -0.4 is 9.80 Å². The molecule has 1 aromatic rings. The summed E-state index contributed by atoms with van der Waals surface area (Å²) in [5.74, 6) is -0.833. The third-order valence-electron chi connectivity index (χ3n) is 4.77. The predicted octanol–water partition coefficient (Wildman–Crippen LogP) is 2.36. The molecule has 5 heteroatoms. The van der Waals surface area contributed by atoms with Crippen LogP contribution in [0.1, 0.15) is 26.2 Å². The van der Waals surface area contributed by atoms with E-state index in [9.17, 15) is 9.59 Å². The van der Waals surface area contributed by atoms with Crippen molar-refractivity contribution in [2.24, 2.45) is 11.8 Å². The Labute approximate surface area is 130 Å². The highest BCUT2D eigenvalue weighted by atomic mass is 16.4. The van der Waals surface area contributed by atoms with Gasteiger partial charge < -0.3 is 14.9 Å². The smallest absolute Gasteiger partial charge is 0.308 e. The van der Waals surface area contributed by atoms with Gasteiger partial charge in [0.05, 0.1) is 17.3 Å². The molecular weight excluding hydrogens is 280 g/mol. The molecular formula is C17H22N2O3. The van der Waals surface area contributed by atoms with Crippen LogP contribution in [0.5, 0.6) is 0 Å². The summed E-state index contributed by atoms with van der Waals surface area (Å²) in [4.78, 5) is 27.3. The number of rotatable bonds is 3. The van der Waals surface area contributed by atoms with Gasteiger partial charge in [0.15, 0.2) is 0 Å². The van der Waals surface area contributed by atoms with Crippen molar-refractivity contribution in [1.82, 2.24) is 0 Å². The summed E-state index contributed by atoms with van der Waals surface area (Å²) in [5.41, 5.74) is 1.90. The molecule has 0 aliphatic carbocycles. The van der Waals surface area contributed by atoms with Crippen LogP contribution in [-0.2, 0) is 9.59 Å². The number of anilines is 2. The minimum absolute atomic E-state index is 0.0924. The summed E-state index contributed by atoms with van der Waals surface area (Å²) >= 11 is 0. The number of nitrogens with zero attached hydrogens (tertiary/aromatic N) is 2. The SMILES string of the molecule is CC1CCN(c2ccccc2N2CC(C(=O)O)CC2=O)CC1. The van der Waals surface area contributed by atoms with Gasteiger partial charge in [0, 0.05) is 26.1 Å². The summed E-state index contributed by atoms with van der Waals surface area (Å²) in [6, 6.07) is 7.85. The number of carbonyl (C=O) groups excluding carboxylic acids is 1. The monoisotopic (exact) mass is 302 g/mol. The van der Waals surface area contributed by atoms with Crippen LogP contribution in [-0.4, -0.2) is 36.6 Å². The van der Waals surface area contributed by atoms with E-state index in [-0.39, 0.29) is 18.9 Å². The molecule has 22 heavy (non-hydrogen) atoms. The number of carboxylic acids is 1. The molecule has 1 amide bonds. The standard InChI is InChI=1S/C17H22N2O3/c1-12-6-8-18(9-7-12)14-4-2-3-5-15(14)19-11-13(17(21)22)10-16(19)20/h2-5,12-13H,6-11H2,1H3,(H,21,22). The number of hydrogen-bond acceptors (Lipinski definition) is 3. The molecule has 1 aromatic carbocycles. The molecule has 0 spiro atoms. The Morgan fingerprint density at radius 1 is 1.18 bits per heavy atom. The Morgan fingerprint density at radius 3 is 2.41 bits per heavy atom. The van der Waals surface area contributed by atoms with E-state index in [1.807, 2.05) is 24.3 Å². The fourth-order valence-corrected chi connectivity index (χ4v) is 3.32. The molecule has 0 bridgehead atoms. The van der Waals surface area contributed by atoms with Crippen molar-refractivity contribution in [2.45, 2.75) is 26.2 Å². The number of piperidine rings is 1. The maximum absolute atomic E-state index is 12.2. The number of benzene rings is 1. The molecule has 5 nitrogen and oxygen atoms in total. The largest absolute Gasteiger partial charge is 0.481 e. The van der Waals surface area contributed by atoms with Crippen LogP contribution in [0.3, 0.4) is 0 Å². The topological polar surface area (TPSA) is 60.9 Å². The quantitative estimate of drug-likeness (QED) is 0.931. The fraction of sp³-hybridized carbons (Fsp3) is 0.529. The maximum Gasteiger partial charge on any atom is 0.308 e. The van der Waals surface area contributed by atoms with E-state index in [2.05, 4.69) is 11.8 Å². The van der Waals surface area contributed by atoms with Gasteiger partial charge in [-0.25, -0.2) is 0 Å². The van der Waals surface area contributed by atoms with Crippen LogP contribution >= 0.6 is 0 Å². The zero-order chi connectivity index (χ0) is 15.7. The van der Waals surface area contributed by atoms with Crippen LogP contribution in [0.2, 0.25) is 0 Å². The van der Waals surface area contributed by atoms with E-state index in [4.69, 9.17) is 5.11 Å². The molecule has 1 unspecified atom stereocenters. The van der Waals surface area contributed by atoms with Crippen LogP contribution in [0.15, 0.2) is 24.3 Å². The molecule has 0 aromatic heterocycles. The zero-order valence-electron chi connectivity index (χ0n) is 12.9. The number of aliphatic carboxylic acids is 1. The van der Waals surface area contributed by atoms with Crippen molar-refractivity contribution < 1.29 is 14.7 Å². The van der Waals surface area contributed by atoms with Gasteiger partial charge in [-0.3, -0.25) is 9.59 Å². The molecule has 2 fully saturated rings. The van der Waals surface area contributed by atoms with Gasteiger partial charge in [-0.15, -0.1) is 0 Å². The third-order valence-corrected chi connectivity index (χ3v) is 4.77. The van der Waals surface area contributed by atoms with Gasteiger partial charge in [-0.05, 0) is 30.9 Å². The average Bonchev–Trinajstić information content (AvgIpc) is 2.90. The third kappa shape index (κ3) is 2.80. The number of para-hydroxylation sites is 2.